The van der Waals surface area contributed by atoms with Crippen LogP contribution in [0.15, 0.2) is 71.7 Å². The Bertz CT molecular complexity index is 1130. The van der Waals surface area contributed by atoms with Crippen molar-refractivity contribution in [2.24, 2.45) is 10.8 Å². The van der Waals surface area contributed by atoms with Gasteiger partial charge in [0.1, 0.15) is 24.3 Å². The summed E-state index contributed by atoms with van der Waals surface area (Å²) in [6.07, 6.45) is 3.35. The van der Waals surface area contributed by atoms with Gasteiger partial charge < -0.3 is 9.84 Å². The first kappa shape index (κ1) is 21.0. The molecular weight excluding hydrogens is 404 g/mol. The van der Waals surface area contributed by atoms with Gasteiger partial charge in [-0.25, -0.2) is 5.84 Å². The van der Waals surface area contributed by atoms with Crippen LogP contribution in [0, 0.1) is 0 Å². The molecule has 4 N–H and O–H groups in total. The molecule has 8 heteroatoms. The number of phenols is 1. The van der Waals surface area contributed by atoms with Crippen LogP contribution in [-0.2, 0) is 6.61 Å². The third-order valence-electron chi connectivity index (χ3n) is 4.50. The van der Waals surface area contributed by atoms with Gasteiger partial charge in [0.05, 0.1) is 5.56 Å². The number of hydrogen-bond donors (Lipinski definition) is 3. The molecule has 0 radical (unpaired) electrons. The summed E-state index contributed by atoms with van der Waals surface area (Å²) in [7, 11) is 0. The maximum atomic E-state index is 11.8. The summed E-state index contributed by atoms with van der Waals surface area (Å²) < 4.78 is 7.48. The molecule has 0 aromatic heterocycles. The number of nitrogens with one attached hydrogen (secondary N) is 1. The number of nitrogen functional groups attached to an aromatic ring is 1. The summed E-state index contributed by atoms with van der Waals surface area (Å²) in [5.74, 6) is 5.47. The number of aliphatic imine (C=N–C) groups is 1. The number of fused-ring (bicyclic) bond motifs is 1. The molecule has 152 valence electrons. The summed E-state index contributed by atoms with van der Waals surface area (Å²) in [6, 6.07) is 20.0. The molecule has 1 heterocycles. The number of aromatic hydroxyl groups is 1. The summed E-state index contributed by atoms with van der Waals surface area (Å²) in [6.45, 7) is 0.418. The molecule has 0 aliphatic carbocycles. The van der Waals surface area contributed by atoms with E-state index < -0.39 is 0 Å². The number of carbonyl (C=O) groups is 1. The number of halogens is 1. The highest BCUT2D eigenvalue weighted by atomic mass is 35.5. The van der Waals surface area contributed by atoms with Crippen LogP contribution in [0.5, 0.6) is 11.5 Å². The van der Waals surface area contributed by atoms with Gasteiger partial charge in [0.2, 0.25) is 5.69 Å². The van der Waals surface area contributed by atoms with E-state index >= 15 is 0 Å². The van der Waals surface area contributed by atoms with E-state index in [1.54, 1.807) is 53.5 Å². The van der Waals surface area contributed by atoms with Crippen LogP contribution in [0.1, 0.15) is 21.5 Å². The number of ether oxygens (including phenoxy) is 1. The molecule has 1 amide bonds. The van der Waals surface area contributed by atoms with Crippen molar-refractivity contribution in [3.05, 3.63) is 83.4 Å². The lowest BCUT2D eigenvalue weighted by molar-refractivity contribution is -0.282. The van der Waals surface area contributed by atoms with Gasteiger partial charge >= 0.3 is 0 Å². The second-order valence-electron chi connectivity index (χ2n) is 6.45. The number of nitrogens with zero attached hydrogens (tertiary/aromatic N) is 2. The Morgan fingerprint density at radius 3 is 2.67 bits per heavy atom. The van der Waals surface area contributed by atoms with Crippen molar-refractivity contribution in [1.29, 1.82) is 0 Å². The summed E-state index contributed by atoms with van der Waals surface area (Å²) in [5, 5.41) is 10.4. The lowest BCUT2D eigenvalue weighted by atomic mass is 10.1. The van der Waals surface area contributed by atoms with Crippen molar-refractivity contribution >= 4 is 42.2 Å². The fourth-order valence-electron chi connectivity index (χ4n) is 2.97. The summed E-state index contributed by atoms with van der Waals surface area (Å²) in [4.78, 5) is 16.1. The maximum absolute atomic E-state index is 11.8. The van der Waals surface area contributed by atoms with Crippen molar-refractivity contribution in [2.75, 3.05) is 0 Å². The van der Waals surface area contributed by atoms with Crippen molar-refractivity contribution in [3.8, 4) is 11.5 Å². The van der Waals surface area contributed by atoms with Crippen LogP contribution in [0.4, 0.5) is 11.4 Å². The number of carbonyl (C=O) groups excluding carboxylic acids is 1. The third kappa shape index (κ3) is 4.48. The van der Waals surface area contributed by atoms with E-state index in [9.17, 15) is 9.90 Å². The largest absolute Gasteiger partial charge is 0.507 e. The average Bonchev–Trinajstić information content (AvgIpc) is 3.16. The Labute approximate surface area is 179 Å². The summed E-state index contributed by atoms with van der Waals surface area (Å²) >= 11 is 0. The van der Waals surface area contributed by atoms with Gasteiger partial charge in [-0.3, -0.25) is 10.2 Å². The Morgan fingerprint density at radius 1 is 1.13 bits per heavy atom. The van der Waals surface area contributed by atoms with Gasteiger partial charge in [0.25, 0.3) is 12.2 Å². The van der Waals surface area contributed by atoms with Gasteiger partial charge in [0, 0.05) is 17.7 Å². The molecule has 3 aromatic rings. The first-order valence-electron chi connectivity index (χ1n) is 8.96. The smallest absolute Gasteiger partial charge is 0.292 e. The fourth-order valence-corrected chi connectivity index (χ4v) is 2.97. The quantitative estimate of drug-likeness (QED) is 0.253. The minimum Gasteiger partial charge on any atom is -0.507 e. The van der Waals surface area contributed by atoms with E-state index in [2.05, 4.69) is 10.4 Å². The fraction of sp³-hybridized carbons (Fsp3) is 0.0455. The molecule has 0 spiro atoms. The van der Waals surface area contributed by atoms with E-state index in [4.69, 9.17) is 10.6 Å². The highest BCUT2D eigenvalue weighted by molar-refractivity contribution is 5.96. The lowest BCUT2D eigenvalue weighted by Crippen LogP contribution is -2.29. The molecule has 4 rings (SSSR count). The number of amides is 1. The molecule has 1 aliphatic heterocycles. The highest BCUT2D eigenvalue weighted by Gasteiger charge is 2.22. The van der Waals surface area contributed by atoms with Crippen LogP contribution in [0.25, 0.3) is 0 Å². The molecule has 7 nitrogen and oxygen atoms in total. The Kier molecular flexibility index (Phi) is 6.46. The Hall–Kier alpha value is -3.68. The predicted molar refractivity (Wildman–Crippen MR) is 117 cm³/mol. The third-order valence-corrected chi connectivity index (χ3v) is 4.50. The molecule has 0 unspecified atom stereocenters. The van der Waals surface area contributed by atoms with Gasteiger partial charge in [-0.15, -0.1) is 12.4 Å². The first-order valence-corrected chi connectivity index (χ1v) is 8.96. The average molecular weight is 424 g/mol. The van der Waals surface area contributed by atoms with Crippen molar-refractivity contribution in [2.45, 2.75) is 6.61 Å². The van der Waals surface area contributed by atoms with E-state index in [0.29, 0.717) is 23.5 Å². The summed E-state index contributed by atoms with van der Waals surface area (Å²) in [5.41, 5.74) is 5.61. The van der Waals surface area contributed by atoms with Crippen LogP contribution in [0.2, 0.25) is 0 Å². The number of nitrogens with two attached hydrogens (primary N) is 1. The second-order valence-corrected chi connectivity index (χ2v) is 6.45. The first-order chi connectivity index (χ1) is 14.1. The van der Waals surface area contributed by atoms with Gasteiger partial charge in [-0.05, 0) is 34.8 Å². The number of hydrazine groups is 1. The van der Waals surface area contributed by atoms with Crippen molar-refractivity contribution < 1.29 is 19.2 Å². The highest BCUT2D eigenvalue weighted by Crippen LogP contribution is 2.33. The van der Waals surface area contributed by atoms with Crippen LogP contribution in [0.3, 0.4) is 0 Å². The van der Waals surface area contributed by atoms with Gasteiger partial charge in [-0.2, -0.15) is 4.58 Å². The normalized spacial score (nSPS) is 12.9. The minimum absolute atomic E-state index is 0. The zero-order chi connectivity index (χ0) is 20.2. The molecular formula is C22H20ClN4O3+. The Balaban J connectivity index is 0.00000256. The van der Waals surface area contributed by atoms with Crippen molar-refractivity contribution in [1.82, 2.24) is 5.43 Å². The zero-order valence-electron chi connectivity index (χ0n) is 15.9. The van der Waals surface area contributed by atoms with E-state index in [-0.39, 0.29) is 24.1 Å². The van der Waals surface area contributed by atoms with Crippen molar-refractivity contribution in [3.63, 3.8) is 0 Å². The van der Waals surface area contributed by atoms with Gasteiger partial charge in [0.15, 0.2) is 5.69 Å². The number of phenolic OH excluding ortho intramolecular Hbond substituents is 1. The molecule has 0 saturated heterocycles. The molecule has 1 aliphatic rings. The molecule has 30 heavy (non-hydrogen) atoms. The zero-order valence-corrected chi connectivity index (χ0v) is 16.7. The molecule has 0 bridgehead atoms. The van der Waals surface area contributed by atoms with Crippen LogP contribution < -0.4 is 16.0 Å². The van der Waals surface area contributed by atoms with Crippen LogP contribution in [-0.4, -0.2) is 28.1 Å². The number of rotatable bonds is 5. The van der Waals surface area contributed by atoms with E-state index in [1.165, 1.54) is 0 Å². The predicted octanol–water partition coefficient (Wildman–Crippen LogP) is 3.43. The van der Waals surface area contributed by atoms with Crippen LogP contribution >= 0.6 is 12.4 Å². The standard InChI is InChI=1S/C22H18N4O3.ClH/c23-25-22(28)16-7-9-19-20(10-16)26(14-24-19)12-17-6-8-18(11-21(17)27)29-13-15-4-2-1-3-5-15;/h1-12,14H,13,23H2,(H,25,28);1H/p+1. The molecule has 0 saturated carbocycles. The molecule has 3 aromatic carbocycles. The lowest BCUT2D eigenvalue weighted by Gasteiger charge is -2.08. The maximum Gasteiger partial charge on any atom is 0.292 e. The van der Waals surface area contributed by atoms with E-state index in [0.717, 1.165) is 16.9 Å². The Morgan fingerprint density at radius 2 is 1.93 bits per heavy atom. The topological polar surface area (TPSA) is 100.0 Å². The molecule has 0 fully saturated rings. The van der Waals surface area contributed by atoms with E-state index in [1.807, 2.05) is 30.3 Å². The number of benzene rings is 3. The monoisotopic (exact) mass is 423 g/mol. The SMILES string of the molecule is Cl.NNC(=O)c1ccc2c(c1)[N+](=Cc1ccc(OCc3ccccc3)cc1O)C=N2. The second kappa shape index (κ2) is 9.21. The number of hydrogen-bond acceptors (Lipinski definition) is 5. The molecule has 0 atom stereocenters. The van der Waals surface area contributed by atoms with Gasteiger partial charge in [-0.1, -0.05) is 30.3 Å². The minimum atomic E-state index is -0.387.